The van der Waals surface area contributed by atoms with Crippen LogP contribution in [0.5, 0.6) is 0 Å². The van der Waals surface area contributed by atoms with Crippen molar-refractivity contribution in [2.24, 2.45) is 5.84 Å². The van der Waals surface area contributed by atoms with Gasteiger partial charge in [0.1, 0.15) is 23.3 Å². The van der Waals surface area contributed by atoms with Crippen molar-refractivity contribution in [2.45, 2.75) is 13.3 Å². The molecule has 1 aromatic carbocycles. The van der Waals surface area contributed by atoms with Crippen LogP contribution in [0.2, 0.25) is 0 Å². The van der Waals surface area contributed by atoms with E-state index in [1.807, 2.05) is 6.07 Å². The van der Waals surface area contributed by atoms with Gasteiger partial charge in [0.25, 0.3) is 0 Å². The molecule has 0 aliphatic heterocycles. The Morgan fingerprint density at radius 2 is 1.95 bits per heavy atom. The molecule has 0 radical (unpaired) electrons. The Morgan fingerprint density at radius 1 is 1.21 bits per heavy atom. The number of aromatic nitrogens is 2. The fraction of sp³-hybridized carbons (Fsp3) is 0.231. The first-order valence-electron chi connectivity index (χ1n) is 5.98. The van der Waals surface area contributed by atoms with E-state index in [4.69, 9.17) is 5.84 Å². The van der Waals surface area contributed by atoms with E-state index in [9.17, 15) is 4.39 Å². The second kappa shape index (κ2) is 6.10. The Morgan fingerprint density at radius 3 is 2.68 bits per heavy atom. The molecule has 19 heavy (non-hydrogen) atoms. The number of hydrogen-bond donors (Lipinski definition) is 3. The van der Waals surface area contributed by atoms with E-state index < -0.39 is 0 Å². The van der Waals surface area contributed by atoms with Gasteiger partial charge in [-0.25, -0.2) is 20.2 Å². The normalized spacial score (nSPS) is 10.3. The van der Waals surface area contributed by atoms with E-state index in [0.717, 1.165) is 0 Å². The van der Waals surface area contributed by atoms with Crippen LogP contribution in [-0.2, 0) is 6.42 Å². The van der Waals surface area contributed by atoms with Crippen molar-refractivity contribution in [2.75, 3.05) is 17.3 Å². The van der Waals surface area contributed by atoms with Gasteiger partial charge >= 0.3 is 0 Å². The van der Waals surface area contributed by atoms with Gasteiger partial charge in [-0.05, 0) is 25.0 Å². The van der Waals surface area contributed by atoms with Crippen LogP contribution >= 0.6 is 0 Å². The average Bonchev–Trinajstić information content (AvgIpc) is 2.40. The lowest BCUT2D eigenvalue weighted by Gasteiger charge is -2.08. The minimum atomic E-state index is -0.188. The number of rotatable bonds is 5. The minimum Gasteiger partial charge on any atom is -0.370 e. The van der Waals surface area contributed by atoms with Gasteiger partial charge in [-0.3, -0.25) is 0 Å². The molecule has 1 aromatic heterocycles. The summed E-state index contributed by atoms with van der Waals surface area (Å²) in [5, 5.41) is 3.12. The predicted octanol–water partition coefficient (Wildman–Crippen LogP) is 1.86. The molecule has 4 N–H and O–H groups in total. The van der Waals surface area contributed by atoms with Gasteiger partial charge in [0.2, 0.25) is 0 Å². The maximum absolute atomic E-state index is 13.4. The summed E-state index contributed by atoms with van der Waals surface area (Å²) in [5.74, 6) is 6.94. The second-order valence-corrected chi connectivity index (χ2v) is 4.10. The lowest BCUT2D eigenvalue weighted by atomic mass is 10.1. The van der Waals surface area contributed by atoms with Gasteiger partial charge in [0.15, 0.2) is 0 Å². The summed E-state index contributed by atoms with van der Waals surface area (Å²) >= 11 is 0. The molecule has 0 unspecified atom stereocenters. The molecule has 1 heterocycles. The first-order chi connectivity index (χ1) is 9.19. The van der Waals surface area contributed by atoms with E-state index in [-0.39, 0.29) is 5.82 Å². The number of nitrogens with two attached hydrogens (primary N) is 1. The van der Waals surface area contributed by atoms with Crippen molar-refractivity contribution in [3.8, 4) is 0 Å². The fourth-order valence-electron chi connectivity index (χ4n) is 1.76. The van der Waals surface area contributed by atoms with Crippen LogP contribution in [0.25, 0.3) is 0 Å². The Labute approximate surface area is 111 Å². The molecule has 0 amide bonds. The number of hydrazine groups is 1. The largest absolute Gasteiger partial charge is 0.370 e. The summed E-state index contributed by atoms with van der Waals surface area (Å²) in [6, 6.07) is 8.44. The van der Waals surface area contributed by atoms with Crippen molar-refractivity contribution in [1.29, 1.82) is 0 Å². The van der Waals surface area contributed by atoms with Crippen LogP contribution in [-0.4, -0.2) is 16.5 Å². The number of anilines is 2. The number of nitrogens with zero attached hydrogens (tertiary/aromatic N) is 2. The summed E-state index contributed by atoms with van der Waals surface area (Å²) in [6.07, 6.45) is 0.584. The smallest absolute Gasteiger partial charge is 0.145 e. The highest BCUT2D eigenvalue weighted by Crippen LogP contribution is 2.11. The van der Waals surface area contributed by atoms with Crippen LogP contribution < -0.4 is 16.6 Å². The van der Waals surface area contributed by atoms with E-state index in [1.165, 1.54) is 6.07 Å². The number of hydrogen-bond acceptors (Lipinski definition) is 5. The Kier molecular flexibility index (Phi) is 4.25. The van der Waals surface area contributed by atoms with Crippen molar-refractivity contribution >= 4 is 11.6 Å². The SMILES string of the molecule is Cc1nc(NN)cc(NCCc2ccccc2F)n1. The predicted molar refractivity (Wildman–Crippen MR) is 73.2 cm³/mol. The van der Waals surface area contributed by atoms with Gasteiger partial charge in [-0.2, -0.15) is 0 Å². The lowest BCUT2D eigenvalue weighted by molar-refractivity contribution is 0.610. The fourth-order valence-corrected chi connectivity index (χ4v) is 1.76. The summed E-state index contributed by atoms with van der Waals surface area (Å²) in [5.41, 5.74) is 3.15. The van der Waals surface area contributed by atoms with Gasteiger partial charge in [0.05, 0.1) is 0 Å². The molecular formula is C13H16FN5. The van der Waals surface area contributed by atoms with E-state index in [2.05, 4.69) is 20.7 Å². The third kappa shape index (κ3) is 3.62. The van der Waals surface area contributed by atoms with Gasteiger partial charge in [-0.1, -0.05) is 18.2 Å². The molecule has 2 aromatic rings. The average molecular weight is 261 g/mol. The van der Waals surface area contributed by atoms with Crippen molar-refractivity contribution in [3.05, 3.63) is 47.5 Å². The highest BCUT2D eigenvalue weighted by Gasteiger charge is 2.02. The Bertz CT molecular complexity index is 558. The molecule has 6 heteroatoms. The molecule has 0 atom stereocenters. The number of halogens is 1. The van der Waals surface area contributed by atoms with Crippen LogP contribution in [0.3, 0.4) is 0 Å². The molecule has 0 saturated carbocycles. The highest BCUT2D eigenvalue weighted by molar-refractivity contribution is 5.46. The lowest BCUT2D eigenvalue weighted by Crippen LogP contribution is -2.12. The molecule has 0 spiro atoms. The zero-order valence-electron chi connectivity index (χ0n) is 10.7. The molecular weight excluding hydrogens is 245 g/mol. The molecule has 100 valence electrons. The topological polar surface area (TPSA) is 75.9 Å². The summed E-state index contributed by atoms with van der Waals surface area (Å²) in [7, 11) is 0. The maximum Gasteiger partial charge on any atom is 0.145 e. The van der Waals surface area contributed by atoms with Crippen LogP contribution in [0.15, 0.2) is 30.3 Å². The minimum absolute atomic E-state index is 0.188. The van der Waals surface area contributed by atoms with Gasteiger partial charge in [-0.15, -0.1) is 0 Å². The molecule has 0 bridgehead atoms. The Balaban J connectivity index is 1.96. The molecule has 2 rings (SSSR count). The van der Waals surface area contributed by atoms with E-state index in [1.54, 1.807) is 25.1 Å². The quantitative estimate of drug-likeness (QED) is 0.566. The van der Waals surface area contributed by atoms with E-state index in [0.29, 0.717) is 36.0 Å². The monoisotopic (exact) mass is 261 g/mol. The third-order valence-corrected chi connectivity index (χ3v) is 2.64. The summed E-state index contributed by atoms with van der Waals surface area (Å²) in [6.45, 7) is 2.37. The highest BCUT2D eigenvalue weighted by atomic mass is 19.1. The third-order valence-electron chi connectivity index (χ3n) is 2.64. The molecule has 0 saturated heterocycles. The maximum atomic E-state index is 13.4. The number of nitrogen functional groups attached to an aromatic ring is 1. The van der Waals surface area contributed by atoms with Crippen molar-refractivity contribution < 1.29 is 4.39 Å². The second-order valence-electron chi connectivity index (χ2n) is 4.10. The van der Waals surface area contributed by atoms with Crippen molar-refractivity contribution in [3.63, 3.8) is 0 Å². The van der Waals surface area contributed by atoms with Crippen LogP contribution in [0.1, 0.15) is 11.4 Å². The van der Waals surface area contributed by atoms with Crippen LogP contribution in [0, 0.1) is 12.7 Å². The summed E-state index contributed by atoms with van der Waals surface area (Å²) in [4.78, 5) is 8.31. The van der Waals surface area contributed by atoms with E-state index >= 15 is 0 Å². The number of benzene rings is 1. The molecule has 0 fully saturated rings. The molecule has 0 aliphatic carbocycles. The molecule has 5 nitrogen and oxygen atoms in total. The van der Waals surface area contributed by atoms with Gasteiger partial charge in [0, 0.05) is 12.6 Å². The number of aryl methyl sites for hydroxylation is 1. The standard InChI is InChI=1S/C13H16FN5/c1-9-17-12(8-13(18-9)19-15)16-7-6-10-4-2-3-5-11(10)14/h2-5,8H,6-7,15H2,1H3,(H2,16,17,18,19). The van der Waals surface area contributed by atoms with Crippen molar-refractivity contribution in [1.82, 2.24) is 9.97 Å². The van der Waals surface area contributed by atoms with Crippen LogP contribution in [0.4, 0.5) is 16.0 Å². The zero-order valence-corrected chi connectivity index (χ0v) is 10.7. The number of nitrogens with one attached hydrogen (secondary N) is 2. The molecule has 0 aliphatic rings. The Hall–Kier alpha value is -2.21. The zero-order chi connectivity index (χ0) is 13.7. The first-order valence-corrected chi connectivity index (χ1v) is 5.98. The van der Waals surface area contributed by atoms with Gasteiger partial charge < -0.3 is 10.7 Å². The first kappa shape index (κ1) is 13.2. The summed E-state index contributed by atoms with van der Waals surface area (Å²) < 4.78 is 13.4.